The summed E-state index contributed by atoms with van der Waals surface area (Å²) in [6.45, 7) is -0.498. The summed E-state index contributed by atoms with van der Waals surface area (Å²) in [4.78, 5) is 22.8. The van der Waals surface area contributed by atoms with E-state index < -0.39 is 12.6 Å². The van der Waals surface area contributed by atoms with Gasteiger partial charge in [-0.1, -0.05) is 42.5 Å². The van der Waals surface area contributed by atoms with Gasteiger partial charge in [0.15, 0.2) is 6.61 Å². The van der Waals surface area contributed by atoms with E-state index >= 15 is 0 Å². The molecular weight excluding hydrogens is 270 g/mol. The molecule has 5 heteroatoms. The number of carboxylic acids is 1. The Labute approximate surface area is 122 Å². The summed E-state index contributed by atoms with van der Waals surface area (Å²) in [5, 5.41) is 11.3. The van der Waals surface area contributed by atoms with Gasteiger partial charge in [0.05, 0.1) is 5.56 Å². The summed E-state index contributed by atoms with van der Waals surface area (Å²) in [5.74, 6) is -1.17. The van der Waals surface area contributed by atoms with Crippen molar-refractivity contribution in [2.24, 2.45) is 0 Å². The summed E-state index contributed by atoms with van der Waals surface area (Å²) < 4.78 is 5.22. The van der Waals surface area contributed by atoms with E-state index in [2.05, 4.69) is 5.32 Å². The molecule has 0 atom stereocenters. The summed E-state index contributed by atoms with van der Waals surface area (Å²) in [6.07, 6.45) is 0. The molecule has 0 heterocycles. The minimum atomic E-state index is -1.09. The first kappa shape index (κ1) is 14.6. The monoisotopic (exact) mass is 285 g/mol. The van der Waals surface area contributed by atoms with Crippen molar-refractivity contribution in [3.63, 3.8) is 0 Å². The number of hydrogen-bond donors (Lipinski definition) is 2. The number of amides is 1. The van der Waals surface area contributed by atoms with Gasteiger partial charge in [-0.2, -0.15) is 0 Å². The molecular formula is C16H15NO4. The maximum absolute atomic E-state index is 12.1. The average Bonchev–Trinajstić information content (AvgIpc) is 2.52. The molecule has 2 aromatic carbocycles. The Hall–Kier alpha value is -2.82. The van der Waals surface area contributed by atoms with Crippen molar-refractivity contribution in [3.8, 4) is 16.9 Å². The van der Waals surface area contributed by atoms with Gasteiger partial charge in [-0.25, -0.2) is 4.79 Å². The van der Waals surface area contributed by atoms with E-state index in [4.69, 9.17) is 9.84 Å². The molecule has 0 aromatic heterocycles. The number of nitrogens with one attached hydrogen (secondary N) is 1. The highest BCUT2D eigenvalue weighted by Crippen LogP contribution is 2.30. The molecule has 108 valence electrons. The first-order valence-corrected chi connectivity index (χ1v) is 6.38. The normalized spacial score (nSPS) is 9.95. The summed E-state index contributed by atoms with van der Waals surface area (Å²) in [6, 6.07) is 14.5. The first-order valence-electron chi connectivity index (χ1n) is 6.38. The van der Waals surface area contributed by atoms with Crippen LogP contribution in [0.25, 0.3) is 11.1 Å². The first-order chi connectivity index (χ1) is 10.1. The maximum Gasteiger partial charge on any atom is 0.341 e. The zero-order valence-electron chi connectivity index (χ0n) is 11.5. The quantitative estimate of drug-likeness (QED) is 0.883. The molecule has 21 heavy (non-hydrogen) atoms. The summed E-state index contributed by atoms with van der Waals surface area (Å²) in [5.41, 5.74) is 1.88. The van der Waals surface area contributed by atoms with Gasteiger partial charge in [-0.05, 0) is 17.2 Å². The number of ether oxygens (including phenoxy) is 1. The van der Waals surface area contributed by atoms with Crippen molar-refractivity contribution in [2.45, 2.75) is 0 Å². The van der Waals surface area contributed by atoms with Crippen LogP contribution in [-0.2, 0) is 4.79 Å². The zero-order chi connectivity index (χ0) is 15.2. The van der Waals surface area contributed by atoms with Gasteiger partial charge < -0.3 is 15.2 Å². The van der Waals surface area contributed by atoms with Crippen LogP contribution in [-0.4, -0.2) is 30.6 Å². The lowest BCUT2D eigenvalue weighted by Crippen LogP contribution is -2.21. The molecule has 0 saturated carbocycles. The number of rotatable bonds is 5. The molecule has 0 unspecified atom stereocenters. The van der Waals surface area contributed by atoms with Crippen LogP contribution in [0.1, 0.15) is 10.4 Å². The predicted molar refractivity (Wildman–Crippen MR) is 78.4 cm³/mol. The van der Waals surface area contributed by atoms with Crippen molar-refractivity contribution in [1.29, 1.82) is 0 Å². The van der Waals surface area contributed by atoms with Crippen molar-refractivity contribution < 1.29 is 19.4 Å². The van der Waals surface area contributed by atoms with Crippen LogP contribution in [0.3, 0.4) is 0 Å². The fourth-order valence-electron chi connectivity index (χ4n) is 2.01. The fourth-order valence-corrected chi connectivity index (χ4v) is 2.01. The molecule has 0 saturated heterocycles. The fraction of sp³-hybridized carbons (Fsp3) is 0.125. The molecule has 2 N–H and O–H groups in total. The highest BCUT2D eigenvalue weighted by atomic mass is 16.5. The van der Waals surface area contributed by atoms with Crippen molar-refractivity contribution >= 4 is 11.9 Å². The third-order valence-corrected chi connectivity index (χ3v) is 2.92. The van der Waals surface area contributed by atoms with Gasteiger partial charge in [0.25, 0.3) is 5.91 Å². The third-order valence-electron chi connectivity index (χ3n) is 2.92. The van der Waals surface area contributed by atoms with Crippen molar-refractivity contribution in [2.75, 3.05) is 13.7 Å². The lowest BCUT2D eigenvalue weighted by molar-refractivity contribution is -0.139. The summed E-state index contributed by atoms with van der Waals surface area (Å²) >= 11 is 0. The standard InChI is InChI=1S/C16H15NO4/c1-17-16(20)15-12(11-6-3-2-4-7-11)8-5-9-13(15)21-10-14(18)19/h2-9H,10H2,1H3,(H,17,20)(H,18,19). The average molecular weight is 285 g/mol. The van der Waals surface area contributed by atoms with E-state index in [1.54, 1.807) is 18.2 Å². The smallest absolute Gasteiger partial charge is 0.341 e. The highest BCUT2D eigenvalue weighted by Gasteiger charge is 2.18. The molecule has 1 amide bonds. The Kier molecular flexibility index (Phi) is 4.56. The van der Waals surface area contributed by atoms with Crippen LogP contribution in [0.4, 0.5) is 0 Å². The van der Waals surface area contributed by atoms with E-state index in [0.29, 0.717) is 11.1 Å². The van der Waals surface area contributed by atoms with Crippen LogP contribution >= 0.6 is 0 Å². The third kappa shape index (κ3) is 3.39. The minimum Gasteiger partial charge on any atom is -0.481 e. The van der Waals surface area contributed by atoms with E-state index in [9.17, 15) is 9.59 Å². The van der Waals surface area contributed by atoms with Gasteiger partial charge in [-0.15, -0.1) is 0 Å². The van der Waals surface area contributed by atoms with Gasteiger partial charge in [-0.3, -0.25) is 4.79 Å². The van der Waals surface area contributed by atoms with Crippen LogP contribution in [0.5, 0.6) is 5.75 Å². The lowest BCUT2D eigenvalue weighted by Gasteiger charge is -2.14. The Morgan fingerprint density at radius 2 is 1.81 bits per heavy atom. The van der Waals surface area contributed by atoms with Gasteiger partial charge in [0, 0.05) is 7.05 Å². The topological polar surface area (TPSA) is 75.6 Å². The molecule has 0 fully saturated rings. The Morgan fingerprint density at radius 1 is 1.10 bits per heavy atom. The van der Waals surface area contributed by atoms with Gasteiger partial charge in [0.2, 0.25) is 0 Å². The molecule has 0 radical (unpaired) electrons. The number of hydrogen-bond acceptors (Lipinski definition) is 3. The van der Waals surface area contributed by atoms with Gasteiger partial charge >= 0.3 is 5.97 Å². The summed E-state index contributed by atoms with van der Waals surface area (Å²) in [7, 11) is 1.52. The number of benzene rings is 2. The molecule has 2 aromatic rings. The largest absolute Gasteiger partial charge is 0.481 e. The SMILES string of the molecule is CNC(=O)c1c(OCC(=O)O)cccc1-c1ccccc1. The number of carbonyl (C=O) groups excluding carboxylic acids is 1. The molecule has 0 bridgehead atoms. The Morgan fingerprint density at radius 3 is 2.43 bits per heavy atom. The van der Waals surface area contributed by atoms with Gasteiger partial charge in [0.1, 0.15) is 5.75 Å². The van der Waals surface area contributed by atoms with Crippen molar-refractivity contribution in [1.82, 2.24) is 5.32 Å². The Balaban J connectivity index is 2.52. The van der Waals surface area contributed by atoms with Crippen LogP contribution in [0, 0.1) is 0 Å². The molecule has 0 aliphatic carbocycles. The van der Waals surface area contributed by atoms with E-state index in [1.807, 2.05) is 30.3 Å². The van der Waals surface area contributed by atoms with Crippen LogP contribution in [0.15, 0.2) is 48.5 Å². The van der Waals surface area contributed by atoms with Crippen LogP contribution < -0.4 is 10.1 Å². The second-order valence-electron chi connectivity index (χ2n) is 4.31. The second-order valence-corrected chi connectivity index (χ2v) is 4.31. The number of aliphatic carboxylic acids is 1. The molecule has 0 aliphatic heterocycles. The number of carboxylic acid groups (broad SMARTS) is 1. The number of carbonyl (C=O) groups is 2. The minimum absolute atomic E-state index is 0.248. The Bertz CT molecular complexity index is 653. The molecule has 5 nitrogen and oxygen atoms in total. The van der Waals surface area contributed by atoms with E-state index in [1.165, 1.54) is 7.05 Å². The predicted octanol–water partition coefficient (Wildman–Crippen LogP) is 2.18. The zero-order valence-corrected chi connectivity index (χ0v) is 11.5. The molecule has 2 rings (SSSR count). The highest BCUT2D eigenvalue weighted by molar-refractivity contribution is 6.03. The van der Waals surface area contributed by atoms with Crippen LogP contribution in [0.2, 0.25) is 0 Å². The maximum atomic E-state index is 12.1. The van der Waals surface area contributed by atoms with E-state index in [0.717, 1.165) is 5.56 Å². The lowest BCUT2D eigenvalue weighted by atomic mass is 9.98. The molecule has 0 spiro atoms. The second kappa shape index (κ2) is 6.56. The molecule has 0 aliphatic rings. The van der Waals surface area contributed by atoms with E-state index in [-0.39, 0.29) is 11.7 Å². The van der Waals surface area contributed by atoms with Crippen molar-refractivity contribution in [3.05, 3.63) is 54.1 Å².